The Labute approximate surface area is 107 Å². The first-order chi connectivity index (χ1) is 8.86. The van der Waals surface area contributed by atoms with Crippen molar-refractivity contribution < 1.29 is 4.74 Å². The lowest BCUT2D eigenvalue weighted by Gasteiger charge is -2.03. The highest BCUT2D eigenvalue weighted by Gasteiger charge is 2.19. The van der Waals surface area contributed by atoms with Gasteiger partial charge in [-0.15, -0.1) is 11.0 Å². The van der Waals surface area contributed by atoms with Crippen molar-refractivity contribution in [3.8, 4) is 12.3 Å². The van der Waals surface area contributed by atoms with E-state index >= 15 is 0 Å². The summed E-state index contributed by atoms with van der Waals surface area (Å²) in [5.74, 6) is 3.03. The molecule has 0 bridgehead atoms. The van der Waals surface area contributed by atoms with Gasteiger partial charge < -0.3 is 4.74 Å². The summed E-state index contributed by atoms with van der Waals surface area (Å²) in [4.78, 5) is 0. The monoisotopic (exact) mass is 236 g/mol. The molecule has 88 valence electrons. The van der Waals surface area contributed by atoms with E-state index in [2.05, 4.69) is 5.92 Å². The maximum absolute atomic E-state index is 5.51. The first kappa shape index (κ1) is 11.9. The molecule has 2 aromatic rings. The summed E-state index contributed by atoms with van der Waals surface area (Å²) in [6, 6.07) is 19.8. The van der Waals surface area contributed by atoms with Crippen LogP contribution in [-0.2, 0) is 4.74 Å². The predicted molar refractivity (Wildman–Crippen MR) is 75.2 cm³/mol. The molecule has 0 atom stereocenters. The van der Waals surface area contributed by atoms with Gasteiger partial charge in [0.05, 0.1) is 7.11 Å². The van der Waals surface area contributed by atoms with Gasteiger partial charge >= 0.3 is 5.90 Å². The van der Waals surface area contributed by atoms with Crippen LogP contribution in [0.3, 0.4) is 0 Å². The molecule has 2 nitrogen and oxygen atoms in total. The maximum atomic E-state index is 5.51. The highest BCUT2D eigenvalue weighted by Crippen LogP contribution is 2.20. The Balaban J connectivity index is 2.64. The van der Waals surface area contributed by atoms with Crippen LogP contribution < -0.4 is 4.58 Å². The molecular weight excluding hydrogens is 222 g/mol. The molecule has 0 amide bonds. The standard InChI is InChI=1S/C16H14NO/c1-3-16(18-2)17(14-10-6-4-7-11-14)15-12-8-5-9-13-15/h1,4-13H,2H3/q+1. The molecule has 0 spiro atoms. The summed E-state index contributed by atoms with van der Waals surface area (Å²) in [6.45, 7) is 0. The molecule has 2 heteroatoms. The van der Waals surface area contributed by atoms with Gasteiger partial charge in [-0.1, -0.05) is 36.4 Å². The fraction of sp³-hybridized carbons (Fsp3) is 0.0625. The van der Waals surface area contributed by atoms with E-state index in [-0.39, 0.29) is 0 Å². The Morgan fingerprint density at radius 2 is 1.39 bits per heavy atom. The lowest BCUT2D eigenvalue weighted by molar-refractivity contribution is 0.401. The number of hydrogen-bond acceptors (Lipinski definition) is 1. The molecule has 0 radical (unpaired) electrons. The largest absolute Gasteiger partial charge is 0.441 e. The van der Waals surface area contributed by atoms with Gasteiger partial charge in [-0.2, -0.15) is 0 Å². The third-order valence-corrected chi connectivity index (χ3v) is 2.55. The molecule has 0 heterocycles. The molecule has 0 saturated heterocycles. The number of benzene rings is 2. The van der Waals surface area contributed by atoms with Gasteiger partial charge in [-0.3, -0.25) is 0 Å². The van der Waals surface area contributed by atoms with Crippen LogP contribution >= 0.6 is 0 Å². The highest BCUT2D eigenvalue weighted by atomic mass is 16.5. The van der Waals surface area contributed by atoms with E-state index in [1.165, 1.54) is 0 Å². The second-order valence-electron chi connectivity index (χ2n) is 3.66. The molecule has 0 saturated carbocycles. The summed E-state index contributed by atoms with van der Waals surface area (Å²) in [5.41, 5.74) is 1.94. The first-order valence-corrected chi connectivity index (χ1v) is 5.64. The molecular formula is C16H14NO+. The van der Waals surface area contributed by atoms with Crippen LogP contribution in [0.25, 0.3) is 0 Å². The Hall–Kier alpha value is -2.53. The number of hydrogen-bond donors (Lipinski definition) is 0. The molecule has 0 N–H and O–H groups in total. The van der Waals surface area contributed by atoms with Crippen molar-refractivity contribution >= 4 is 17.3 Å². The Bertz CT molecular complexity index is 538. The van der Waals surface area contributed by atoms with Crippen LogP contribution in [0, 0.1) is 12.3 Å². The number of methoxy groups -OCH3 is 1. The van der Waals surface area contributed by atoms with E-state index in [9.17, 15) is 0 Å². The van der Waals surface area contributed by atoms with Crippen LogP contribution in [0.1, 0.15) is 0 Å². The van der Waals surface area contributed by atoms with Crippen molar-refractivity contribution in [1.29, 1.82) is 0 Å². The second-order valence-corrected chi connectivity index (χ2v) is 3.66. The van der Waals surface area contributed by atoms with Crippen LogP contribution in [0.15, 0.2) is 60.7 Å². The van der Waals surface area contributed by atoms with E-state index in [1.807, 2.05) is 65.2 Å². The number of para-hydroxylation sites is 2. The highest BCUT2D eigenvalue weighted by molar-refractivity contribution is 5.97. The first-order valence-electron chi connectivity index (χ1n) is 5.64. The van der Waals surface area contributed by atoms with Crippen molar-refractivity contribution in [1.82, 2.24) is 4.58 Å². The van der Waals surface area contributed by atoms with Crippen LogP contribution in [0.4, 0.5) is 11.4 Å². The van der Waals surface area contributed by atoms with Gasteiger partial charge in [-0.05, 0) is 0 Å². The Morgan fingerprint density at radius 1 is 0.944 bits per heavy atom. The fourth-order valence-corrected chi connectivity index (χ4v) is 1.75. The molecule has 0 aliphatic heterocycles. The minimum Gasteiger partial charge on any atom is -0.441 e. The van der Waals surface area contributed by atoms with Crippen LogP contribution in [0.2, 0.25) is 0 Å². The van der Waals surface area contributed by atoms with Gasteiger partial charge in [0.25, 0.3) is 0 Å². The molecule has 2 aromatic carbocycles. The SMILES string of the molecule is C#CC(OC)=[N+](c1ccccc1)c1ccccc1. The number of ether oxygens (including phenoxy) is 1. The summed E-state index contributed by atoms with van der Waals surface area (Å²) in [7, 11) is 1.58. The predicted octanol–water partition coefficient (Wildman–Crippen LogP) is 3.20. The molecule has 0 unspecified atom stereocenters. The molecule has 18 heavy (non-hydrogen) atoms. The van der Waals surface area contributed by atoms with Crippen molar-refractivity contribution in [2.45, 2.75) is 0 Å². The van der Waals surface area contributed by atoms with Gasteiger partial charge in [0, 0.05) is 30.2 Å². The summed E-state index contributed by atoms with van der Waals surface area (Å²) in [6.07, 6.45) is 5.51. The number of terminal acetylenes is 1. The van der Waals surface area contributed by atoms with Crippen LogP contribution in [-0.4, -0.2) is 13.0 Å². The maximum Gasteiger partial charge on any atom is 0.429 e. The fourth-order valence-electron chi connectivity index (χ4n) is 1.75. The molecule has 2 rings (SSSR count). The van der Waals surface area contributed by atoms with Gasteiger partial charge in [-0.25, -0.2) is 0 Å². The molecule has 0 aliphatic rings. The van der Waals surface area contributed by atoms with E-state index in [0.717, 1.165) is 11.4 Å². The number of rotatable bonds is 2. The lowest BCUT2D eigenvalue weighted by Crippen LogP contribution is -2.17. The van der Waals surface area contributed by atoms with Crippen molar-refractivity contribution in [2.75, 3.05) is 7.11 Å². The van der Waals surface area contributed by atoms with E-state index in [4.69, 9.17) is 11.2 Å². The zero-order valence-electron chi connectivity index (χ0n) is 10.2. The lowest BCUT2D eigenvalue weighted by atomic mass is 10.2. The van der Waals surface area contributed by atoms with Gasteiger partial charge in [0.2, 0.25) is 11.4 Å². The number of nitrogens with zero attached hydrogens (tertiary/aromatic N) is 1. The van der Waals surface area contributed by atoms with Gasteiger partial charge in [0.1, 0.15) is 0 Å². The second kappa shape index (κ2) is 5.70. The van der Waals surface area contributed by atoms with Crippen LogP contribution in [0.5, 0.6) is 0 Å². The van der Waals surface area contributed by atoms with Crippen molar-refractivity contribution in [3.05, 3.63) is 60.7 Å². The zero-order valence-corrected chi connectivity index (χ0v) is 10.2. The summed E-state index contributed by atoms with van der Waals surface area (Å²) in [5, 5.41) is 0. The average Bonchev–Trinajstić information content (AvgIpc) is 2.46. The molecule has 0 aliphatic carbocycles. The van der Waals surface area contributed by atoms with Gasteiger partial charge in [0.15, 0.2) is 0 Å². The smallest absolute Gasteiger partial charge is 0.429 e. The molecule has 0 aromatic heterocycles. The topological polar surface area (TPSA) is 12.2 Å². The third kappa shape index (κ3) is 2.41. The van der Waals surface area contributed by atoms with Crippen molar-refractivity contribution in [2.24, 2.45) is 0 Å². The minimum atomic E-state index is 0.465. The third-order valence-electron chi connectivity index (χ3n) is 2.55. The summed E-state index contributed by atoms with van der Waals surface area (Å²) >= 11 is 0. The average molecular weight is 236 g/mol. The normalized spacial score (nSPS) is 9.33. The summed E-state index contributed by atoms with van der Waals surface area (Å²) < 4.78 is 7.18. The Kier molecular flexibility index (Phi) is 3.78. The van der Waals surface area contributed by atoms with E-state index in [1.54, 1.807) is 7.11 Å². The minimum absolute atomic E-state index is 0.465. The zero-order chi connectivity index (χ0) is 12.8. The van der Waals surface area contributed by atoms with Crippen molar-refractivity contribution in [3.63, 3.8) is 0 Å². The quantitative estimate of drug-likeness (QED) is 0.337. The Morgan fingerprint density at radius 3 is 1.72 bits per heavy atom. The molecule has 0 fully saturated rings. The van der Waals surface area contributed by atoms with E-state index < -0.39 is 0 Å². The van der Waals surface area contributed by atoms with E-state index in [0.29, 0.717) is 5.90 Å².